The predicted molar refractivity (Wildman–Crippen MR) is 82.6 cm³/mol. The molecule has 1 N–H and O–H groups in total. The molecule has 2 heterocycles. The lowest BCUT2D eigenvalue weighted by Crippen LogP contribution is -2.36. The van der Waals surface area contributed by atoms with Crippen molar-refractivity contribution in [2.75, 3.05) is 16.8 Å². The molecule has 1 atom stereocenters. The minimum atomic E-state index is -0.0944. The summed E-state index contributed by atoms with van der Waals surface area (Å²) < 4.78 is 0. The monoisotopic (exact) mass is 282 g/mol. The third-order valence-corrected chi connectivity index (χ3v) is 3.65. The van der Waals surface area contributed by atoms with Crippen molar-refractivity contribution in [3.63, 3.8) is 0 Å². The van der Waals surface area contributed by atoms with Gasteiger partial charge in [0.25, 0.3) is 5.91 Å². The standard InChI is InChI=1S/C16H18N4O/c1-3-17-15-10-18-13(9-19-15)16(21)20-11(2)8-12-6-4-5-7-14(12)20/h4-7,9-11H,3,8H2,1-2H3,(H,17,19). The first kappa shape index (κ1) is 13.5. The molecule has 2 aromatic rings. The molecule has 0 spiro atoms. The van der Waals surface area contributed by atoms with Crippen LogP contribution in [0, 0.1) is 0 Å². The molecule has 0 fully saturated rings. The first-order chi connectivity index (χ1) is 10.2. The minimum Gasteiger partial charge on any atom is -0.369 e. The summed E-state index contributed by atoms with van der Waals surface area (Å²) in [5.41, 5.74) is 2.56. The average Bonchev–Trinajstić information content (AvgIpc) is 2.83. The van der Waals surface area contributed by atoms with Gasteiger partial charge in [0.1, 0.15) is 11.5 Å². The normalized spacial score (nSPS) is 16.7. The van der Waals surface area contributed by atoms with E-state index in [0.717, 1.165) is 18.7 Å². The van der Waals surface area contributed by atoms with E-state index in [1.807, 2.05) is 30.0 Å². The summed E-state index contributed by atoms with van der Waals surface area (Å²) in [5, 5.41) is 3.07. The number of anilines is 2. The molecule has 1 aromatic heterocycles. The molecular weight excluding hydrogens is 264 g/mol. The lowest BCUT2D eigenvalue weighted by atomic mass is 10.1. The number of hydrogen-bond acceptors (Lipinski definition) is 4. The van der Waals surface area contributed by atoms with Gasteiger partial charge in [-0.2, -0.15) is 0 Å². The van der Waals surface area contributed by atoms with Crippen LogP contribution in [0.5, 0.6) is 0 Å². The minimum absolute atomic E-state index is 0.0944. The molecule has 21 heavy (non-hydrogen) atoms. The SMILES string of the molecule is CCNc1cnc(C(=O)N2c3ccccc3CC2C)cn1. The van der Waals surface area contributed by atoms with Gasteiger partial charge in [0.15, 0.2) is 0 Å². The summed E-state index contributed by atoms with van der Waals surface area (Å²) >= 11 is 0. The van der Waals surface area contributed by atoms with Crippen molar-refractivity contribution in [3.8, 4) is 0 Å². The molecule has 1 unspecified atom stereocenters. The summed E-state index contributed by atoms with van der Waals surface area (Å²) in [6.45, 7) is 4.82. The van der Waals surface area contributed by atoms with Crippen LogP contribution in [0.25, 0.3) is 0 Å². The molecule has 0 saturated carbocycles. The number of nitrogens with zero attached hydrogens (tertiary/aromatic N) is 3. The zero-order chi connectivity index (χ0) is 14.8. The molecule has 0 saturated heterocycles. The number of carbonyl (C=O) groups excluding carboxylic acids is 1. The number of fused-ring (bicyclic) bond motifs is 1. The highest BCUT2D eigenvalue weighted by Gasteiger charge is 2.31. The molecule has 3 rings (SSSR count). The average molecular weight is 282 g/mol. The summed E-state index contributed by atoms with van der Waals surface area (Å²) in [6.07, 6.45) is 4.02. The molecule has 1 aromatic carbocycles. The van der Waals surface area contributed by atoms with E-state index < -0.39 is 0 Å². The number of rotatable bonds is 3. The Morgan fingerprint density at radius 3 is 2.86 bits per heavy atom. The van der Waals surface area contributed by atoms with Crippen LogP contribution < -0.4 is 10.2 Å². The summed E-state index contributed by atoms with van der Waals surface area (Å²) in [5.74, 6) is 0.590. The lowest BCUT2D eigenvalue weighted by Gasteiger charge is -2.22. The van der Waals surface area contributed by atoms with Crippen LogP contribution >= 0.6 is 0 Å². The van der Waals surface area contributed by atoms with E-state index in [2.05, 4.69) is 28.3 Å². The molecule has 5 nitrogen and oxygen atoms in total. The summed E-state index contributed by atoms with van der Waals surface area (Å²) in [7, 11) is 0. The van der Waals surface area contributed by atoms with Gasteiger partial charge in [-0.25, -0.2) is 9.97 Å². The van der Waals surface area contributed by atoms with Gasteiger partial charge in [-0.3, -0.25) is 4.79 Å². The van der Waals surface area contributed by atoms with Crippen molar-refractivity contribution >= 4 is 17.4 Å². The van der Waals surface area contributed by atoms with Crippen LogP contribution in [0.4, 0.5) is 11.5 Å². The van der Waals surface area contributed by atoms with Crippen LogP contribution in [0.1, 0.15) is 29.9 Å². The third kappa shape index (κ3) is 2.46. The number of carbonyl (C=O) groups is 1. The topological polar surface area (TPSA) is 58.1 Å². The van der Waals surface area contributed by atoms with E-state index in [4.69, 9.17) is 0 Å². The fraction of sp³-hybridized carbons (Fsp3) is 0.312. The molecule has 5 heteroatoms. The highest BCUT2D eigenvalue weighted by atomic mass is 16.2. The maximum absolute atomic E-state index is 12.7. The van der Waals surface area contributed by atoms with Gasteiger partial charge in [-0.1, -0.05) is 18.2 Å². The predicted octanol–water partition coefficient (Wildman–Crippen LogP) is 2.50. The Bertz CT molecular complexity index is 654. The molecule has 108 valence electrons. The van der Waals surface area contributed by atoms with Crippen LogP contribution in [0.15, 0.2) is 36.7 Å². The second-order valence-electron chi connectivity index (χ2n) is 5.17. The summed E-state index contributed by atoms with van der Waals surface area (Å²) in [6, 6.07) is 8.16. The Hall–Kier alpha value is -2.43. The van der Waals surface area contributed by atoms with Gasteiger partial charge in [-0.05, 0) is 31.9 Å². The van der Waals surface area contributed by atoms with Gasteiger partial charge < -0.3 is 10.2 Å². The Morgan fingerprint density at radius 1 is 1.33 bits per heavy atom. The van der Waals surface area contributed by atoms with Gasteiger partial charge in [0, 0.05) is 18.3 Å². The number of aromatic nitrogens is 2. The van der Waals surface area contributed by atoms with E-state index in [0.29, 0.717) is 11.5 Å². The highest BCUT2D eigenvalue weighted by molar-refractivity contribution is 6.06. The van der Waals surface area contributed by atoms with E-state index in [1.54, 1.807) is 6.20 Å². The van der Waals surface area contributed by atoms with E-state index in [9.17, 15) is 4.79 Å². The smallest absolute Gasteiger partial charge is 0.278 e. The Morgan fingerprint density at radius 2 is 2.14 bits per heavy atom. The Kier molecular flexibility index (Phi) is 3.56. The van der Waals surface area contributed by atoms with Gasteiger partial charge in [0.05, 0.1) is 12.4 Å². The van der Waals surface area contributed by atoms with Gasteiger partial charge >= 0.3 is 0 Å². The van der Waals surface area contributed by atoms with Crippen molar-refractivity contribution in [2.45, 2.75) is 26.3 Å². The van der Waals surface area contributed by atoms with E-state index in [-0.39, 0.29) is 11.9 Å². The largest absolute Gasteiger partial charge is 0.369 e. The van der Waals surface area contributed by atoms with Crippen molar-refractivity contribution in [2.24, 2.45) is 0 Å². The van der Waals surface area contributed by atoms with Crippen LogP contribution in [-0.2, 0) is 6.42 Å². The first-order valence-electron chi connectivity index (χ1n) is 7.18. The second-order valence-corrected chi connectivity index (χ2v) is 5.17. The van der Waals surface area contributed by atoms with Crippen molar-refractivity contribution in [1.29, 1.82) is 0 Å². The van der Waals surface area contributed by atoms with E-state index in [1.165, 1.54) is 11.8 Å². The highest BCUT2D eigenvalue weighted by Crippen LogP contribution is 2.32. The second kappa shape index (κ2) is 5.52. The Balaban J connectivity index is 1.88. The number of hydrogen-bond donors (Lipinski definition) is 1. The molecule has 0 aliphatic carbocycles. The molecule has 1 aliphatic heterocycles. The first-order valence-corrected chi connectivity index (χ1v) is 7.18. The quantitative estimate of drug-likeness (QED) is 0.939. The van der Waals surface area contributed by atoms with Crippen LogP contribution in [0.3, 0.4) is 0 Å². The zero-order valence-corrected chi connectivity index (χ0v) is 12.2. The van der Waals surface area contributed by atoms with Crippen molar-refractivity contribution < 1.29 is 4.79 Å². The maximum Gasteiger partial charge on any atom is 0.278 e. The maximum atomic E-state index is 12.7. The molecular formula is C16H18N4O. The zero-order valence-electron chi connectivity index (χ0n) is 12.2. The molecule has 1 aliphatic rings. The molecule has 1 amide bonds. The fourth-order valence-electron chi connectivity index (χ4n) is 2.71. The third-order valence-electron chi connectivity index (χ3n) is 3.65. The Labute approximate surface area is 124 Å². The van der Waals surface area contributed by atoms with Gasteiger partial charge in [0.2, 0.25) is 0 Å². The van der Waals surface area contributed by atoms with Crippen LogP contribution in [0.2, 0.25) is 0 Å². The number of amides is 1. The summed E-state index contributed by atoms with van der Waals surface area (Å²) in [4.78, 5) is 23.0. The fourth-order valence-corrected chi connectivity index (χ4v) is 2.71. The number of benzene rings is 1. The number of para-hydroxylation sites is 1. The molecule has 0 radical (unpaired) electrons. The molecule has 0 bridgehead atoms. The number of nitrogens with one attached hydrogen (secondary N) is 1. The van der Waals surface area contributed by atoms with Crippen LogP contribution in [-0.4, -0.2) is 28.5 Å². The van der Waals surface area contributed by atoms with E-state index >= 15 is 0 Å². The lowest BCUT2D eigenvalue weighted by molar-refractivity contribution is 0.0976. The van der Waals surface area contributed by atoms with Crippen molar-refractivity contribution in [3.05, 3.63) is 47.9 Å². The van der Waals surface area contributed by atoms with Crippen molar-refractivity contribution in [1.82, 2.24) is 9.97 Å². The van der Waals surface area contributed by atoms with Gasteiger partial charge in [-0.15, -0.1) is 0 Å².